The summed E-state index contributed by atoms with van der Waals surface area (Å²) in [6.45, 7) is 2.93. The molecule has 0 aromatic heterocycles. The quantitative estimate of drug-likeness (QED) is 0.817. The molecular weight excluding hydrogens is 230 g/mol. The normalized spacial score (nSPS) is 20.5. The summed E-state index contributed by atoms with van der Waals surface area (Å²) < 4.78 is 5.67. The van der Waals surface area contributed by atoms with Crippen molar-refractivity contribution in [2.24, 2.45) is 5.73 Å². The lowest BCUT2D eigenvalue weighted by Gasteiger charge is -2.25. The fourth-order valence-electron chi connectivity index (χ4n) is 2.08. The third kappa shape index (κ3) is 3.65. The molecule has 3 heteroatoms. The van der Waals surface area contributed by atoms with Gasteiger partial charge in [-0.2, -0.15) is 11.8 Å². The molecule has 94 valence electrons. The molecule has 0 amide bonds. The SMILES string of the molecule is CC(N)CCSCC1CCOc2ccccc21. The van der Waals surface area contributed by atoms with E-state index in [0.717, 1.165) is 31.0 Å². The molecule has 2 nitrogen and oxygen atoms in total. The zero-order chi connectivity index (χ0) is 12.1. The van der Waals surface area contributed by atoms with E-state index in [1.54, 1.807) is 0 Å². The first-order valence-electron chi connectivity index (χ1n) is 6.32. The molecule has 2 N–H and O–H groups in total. The van der Waals surface area contributed by atoms with Crippen molar-refractivity contribution in [1.29, 1.82) is 0 Å². The number of ether oxygens (including phenoxy) is 1. The average molecular weight is 251 g/mol. The Hall–Kier alpha value is -0.670. The van der Waals surface area contributed by atoms with Crippen LogP contribution in [0.25, 0.3) is 0 Å². The second-order valence-corrected chi connectivity index (χ2v) is 5.86. The van der Waals surface area contributed by atoms with Crippen LogP contribution in [0.4, 0.5) is 0 Å². The van der Waals surface area contributed by atoms with Crippen LogP contribution in [0.2, 0.25) is 0 Å². The highest BCUT2D eigenvalue weighted by atomic mass is 32.2. The molecule has 17 heavy (non-hydrogen) atoms. The maximum atomic E-state index is 5.75. The number of fused-ring (bicyclic) bond motifs is 1. The summed E-state index contributed by atoms with van der Waals surface area (Å²) in [5.74, 6) is 4.08. The van der Waals surface area contributed by atoms with Gasteiger partial charge in [0.25, 0.3) is 0 Å². The third-order valence-corrected chi connectivity index (χ3v) is 4.28. The second kappa shape index (κ2) is 6.31. The van der Waals surface area contributed by atoms with Crippen LogP contribution in [0.5, 0.6) is 5.75 Å². The molecule has 0 saturated carbocycles. The van der Waals surface area contributed by atoms with Crippen LogP contribution in [0.1, 0.15) is 31.2 Å². The Morgan fingerprint density at radius 2 is 2.29 bits per heavy atom. The molecule has 1 aliphatic rings. The Labute approximate surface area is 108 Å². The zero-order valence-electron chi connectivity index (χ0n) is 10.4. The van der Waals surface area contributed by atoms with Gasteiger partial charge in [-0.1, -0.05) is 18.2 Å². The minimum atomic E-state index is 0.324. The molecular formula is C14H21NOS. The molecule has 0 fully saturated rings. The summed E-state index contributed by atoms with van der Waals surface area (Å²) in [6, 6.07) is 8.75. The van der Waals surface area contributed by atoms with Gasteiger partial charge in [0.1, 0.15) is 5.75 Å². The summed E-state index contributed by atoms with van der Waals surface area (Å²) in [6.07, 6.45) is 2.25. The summed E-state index contributed by atoms with van der Waals surface area (Å²) >= 11 is 2.02. The van der Waals surface area contributed by atoms with Crippen LogP contribution >= 0.6 is 11.8 Å². The Balaban J connectivity index is 1.86. The molecule has 2 rings (SSSR count). The summed E-state index contributed by atoms with van der Waals surface area (Å²) in [4.78, 5) is 0. The van der Waals surface area contributed by atoms with E-state index < -0.39 is 0 Å². The van der Waals surface area contributed by atoms with Crippen LogP contribution in [0.15, 0.2) is 24.3 Å². The van der Waals surface area contributed by atoms with Crippen LogP contribution in [0.3, 0.4) is 0 Å². The van der Waals surface area contributed by atoms with Crippen LogP contribution in [-0.2, 0) is 0 Å². The van der Waals surface area contributed by atoms with Gasteiger partial charge in [-0.25, -0.2) is 0 Å². The number of rotatable bonds is 5. The molecule has 0 spiro atoms. The monoisotopic (exact) mass is 251 g/mol. The van der Waals surface area contributed by atoms with Crippen LogP contribution in [0, 0.1) is 0 Å². The van der Waals surface area contributed by atoms with Crippen LogP contribution in [-0.4, -0.2) is 24.2 Å². The molecule has 2 atom stereocenters. The highest BCUT2D eigenvalue weighted by Crippen LogP contribution is 2.35. The standard InChI is InChI=1S/C14H21NOS/c1-11(15)7-9-17-10-12-6-8-16-14-5-3-2-4-13(12)14/h2-5,11-12H,6-10,15H2,1H3. The van der Waals surface area contributed by atoms with E-state index >= 15 is 0 Å². The van der Waals surface area contributed by atoms with Gasteiger partial charge in [-0.3, -0.25) is 0 Å². The highest BCUT2D eigenvalue weighted by molar-refractivity contribution is 7.99. The maximum Gasteiger partial charge on any atom is 0.122 e. The minimum Gasteiger partial charge on any atom is -0.493 e. The number of nitrogens with two attached hydrogens (primary N) is 1. The van der Waals surface area contributed by atoms with Crippen molar-refractivity contribution < 1.29 is 4.74 Å². The van der Waals surface area contributed by atoms with E-state index in [0.29, 0.717) is 12.0 Å². The fraction of sp³-hybridized carbons (Fsp3) is 0.571. The minimum absolute atomic E-state index is 0.324. The molecule has 2 unspecified atom stereocenters. The average Bonchev–Trinajstić information content (AvgIpc) is 2.34. The van der Waals surface area contributed by atoms with Crippen molar-refractivity contribution in [1.82, 2.24) is 0 Å². The lowest BCUT2D eigenvalue weighted by atomic mass is 9.95. The van der Waals surface area contributed by atoms with Gasteiger partial charge in [0.15, 0.2) is 0 Å². The number of hydrogen-bond acceptors (Lipinski definition) is 3. The summed E-state index contributed by atoms with van der Waals surface area (Å²) in [5.41, 5.74) is 7.14. The van der Waals surface area contributed by atoms with Crippen LogP contribution < -0.4 is 10.5 Å². The van der Waals surface area contributed by atoms with E-state index in [4.69, 9.17) is 10.5 Å². The molecule has 1 heterocycles. The van der Waals surface area contributed by atoms with Gasteiger partial charge in [0.2, 0.25) is 0 Å². The van der Waals surface area contributed by atoms with Gasteiger partial charge in [-0.05, 0) is 43.1 Å². The lowest BCUT2D eigenvalue weighted by molar-refractivity contribution is 0.273. The fourth-order valence-corrected chi connectivity index (χ4v) is 3.42. The summed E-state index contributed by atoms with van der Waals surface area (Å²) in [5, 5.41) is 0. The highest BCUT2D eigenvalue weighted by Gasteiger charge is 2.20. The first kappa shape index (κ1) is 12.8. The molecule has 0 saturated heterocycles. The Morgan fingerprint density at radius 1 is 1.47 bits per heavy atom. The Kier molecular flexibility index (Phi) is 4.75. The lowest BCUT2D eigenvalue weighted by Crippen LogP contribution is -2.17. The number of benzene rings is 1. The van der Waals surface area contributed by atoms with Crippen molar-refractivity contribution in [3.05, 3.63) is 29.8 Å². The smallest absolute Gasteiger partial charge is 0.122 e. The van der Waals surface area contributed by atoms with Gasteiger partial charge >= 0.3 is 0 Å². The third-order valence-electron chi connectivity index (χ3n) is 3.12. The molecule has 1 aliphatic heterocycles. The first-order chi connectivity index (χ1) is 8.27. The van der Waals surface area contributed by atoms with E-state index in [1.165, 1.54) is 11.3 Å². The predicted octanol–water partition coefficient (Wildman–Crippen LogP) is 3.02. The van der Waals surface area contributed by atoms with Crippen molar-refractivity contribution in [3.63, 3.8) is 0 Å². The zero-order valence-corrected chi connectivity index (χ0v) is 11.2. The molecule has 0 bridgehead atoms. The predicted molar refractivity (Wildman–Crippen MR) is 74.9 cm³/mol. The van der Waals surface area contributed by atoms with E-state index in [2.05, 4.69) is 25.1 Å². The van der Waals surface area contributed by atoms with Crippen molar-refractivity contribution in [2.75, 3.05) is 18.1 Å². The van der Waals surface area contributed by atoms with Gasteiger partial charge in [-0.15, -0.1) is 0 Å². The number of para-hydroxylation sites is 1. The molecule has 0 radical (unpaired) electrons. The van der Waals surface area contributed by atoms with Crippen molar-refractivity contribution >= 4 is 11.8 Å². The van der Waals surface area contributed by atoms with Crippen molar-refractivity contribution in [3.8, 4) is 5.75 Å². The first-order valence-corrected chi connectivity index (χ1v) is 7.48. The van der Waals surface area contributed by atoms with Gasteiger partial charge < -0.3 is 10.5 Å². The van der Waals surface area contributed by atoms with Gasteiger partial charge in [0, 0.05) is 11.8 Å². The summed E-state index contributed by atoms with van der Waals surface area (Å²) in [7, 11) is 0. The molecule has 0 aliphatic carbocycles. The maximum absolute atomic E-state index is 5.75. The van der Waals surface area contributed by atoms with E-state index in [1.807, 2.05) is 17.8 Å². The van der Waals surface area contributed by atoms with Crippen molar-refractivity contribution in [2.45, 2.75) is 31.7 Å². The van der Waals surface area contributed by atoms with Gasteiger partial charge in [0.05, 0.1) is 6.61 Å². The molecule has 1 aromatic carbocycles. The number of thioether (sulfide) groups is 1. The Bertz CT molecular complexity index is 354. The topological polar surface area (TPSA) is 35.2 Å². The Morgan fingerprint density at radius 3 is 3.12 bits per heavy atom. The second-order valence-electron chi connectivity index (χ2n) is 4.71. The number of hydrogen-bond donors (Lipinski definition) is 1. The largest absolute Gasteiger partial charge is 0.493 e. The van der Waals surface area contributed by atoms with E-state index in [-0.39, 0.29) is 0 Å². The van der Waals surface area contributed by atoms with E-state index in [9.17, 15) is 0 Å². The molecule has 1 aromatic rings.